The van der Waals surface area contributed by atoms with Crippen LogP contribution in [0.2, 0.25) is 0 Å². The highest BCUT2D eigenvalue weighted by Gasteiger charge is 2.27. The van der Waals surface area contributed by atoms with Crippen LogP contribution in [0.15, 0.2) is 53.7 Å². The molecular weight excluding hydrogens is 449 g/mol. The van der Waals surface area contributed by atoms with E-state index in [1.807, 2.05) is 15.5 Å². The molecule has 2 aliphatic rings. The number of carbonyl (C=O) groups is 1. The Morgan fingerprint density at radius 3 is 2.50 bits per heavy atom. The number of fused-ring (bicyclic) bond motifs is 1. The maximum Gasteiger partial charge on any atom is 0.233 e. The van der Waals surface area contributed by atoms with Gasteiger partial charge in [0.1, 0.15) is 5.82 Å². The van der Waals surface area contributed by atoms with E-state index in [0.717, 1.165) is 37.6 Å². The second-order valence-electron chi connectivity index (χ2n) is 9.05. The third kappa shape index (κ3) is 4.88. The number of aromatic nitrogens is 3. The maximum atomic E-state index is 13.6. The van der Waals surface area contributed by atoms with Crippen LogP contribution in [0.1, 0.15) is 49.2 Å². The van der Waals surface area contributed by atoms with Crippen LogP contribution in [0.3, 0.4) is 0 Å². The molecule has 1 aromatic heterocycles. The van der Waals surface area contributed by atoms with Gasteiger partial charge in [0.15, 0.2) is 11.0 Å². The minimum atomic E-state index is -0.280. The summed E-state index contributed by atoms with van der Waals surface area (Å²) in [6.07, 6.45) is 4.52. The monoisotopic (exact) mass is 479 g/mol. The number of carbonyl (C=O) groups excluding carboxylic acids is 1. The van der Waals surface area contributed by atoms with Gasteiger partial charge in [0.05, 0.1) is 11.8 Å². The molecule has 178 valence electrons. The summed E-state index contributed by atoms with van der Waals surface area (Å²) in [5.41, 5.74) is 3.36. The van der Waals surface area contributed by atoms with Crippen LogP contribution >= 0.6 is 11.8 Å². The van der Waals surface area contributed by atoms with Crippen LogP contribution < -0.4 is 0 Å². The fourth-order valence-electron chi connectivity index (χ4n) is 4.87. The number of likely N-dealkylation sites (tertiary alicyclic amines) is 1. The summed E-state index contributed by atoms with van der Waals surface area (Å²) in [7, 11) is 0. The molecule has 8 heteroatoms. The molecule has 5 rings (SSSR count). The topological polar surface area (TPSA) is 54.3 Å². The van der Waals surface area contributed by atoms with E-state index in [4.69, 9.17) is 0 Å². The molecule has 2 aliphatic heterocycles. The van der Waals surface area contributed by atoms with E-state index >= 15 is 0 Å². The highest BCUT2D eigenvalue weighted by Crippen LogP contribution is 2.30. The summed E-state index contributed by atoms with van der Waals surface area (Å²) in [5, 5.41) is 9.67. The third-order valence-corrected chi connectivity index (χ3v) is 7.78. The van der Waals surface area contributed by atoms with E-state index in [1.54, 1.807) is 12.1 Å². The van der Waals surface area contributed by atoms with Crippen molar-refractivity contribution in [2.75, 3.05) is 25.4 Å². The molecule has 0 N–H and O–H groups in total. The molecule has 0 spiro atoms. The van der Waals surface area contributed by atoms with E-state index in [9.17, 15) is 9.18 Å². The number of piperidine rings is 1. The SMILES string of the molecule is C[C@H](c1nnc(SCC(=O)N2CCc3ccccc3C2)n1-c1ccc(F)cc1)N1CCCCC1. The molecule has 1 saturated heterocycles. The Morgan fingerprint density at radius 2 is 1.74 bits per heavy atom. The Balaban J connectivity index is 1.35. The predicted octanol–water partition coefficient (Wildman–Crippen LogP) is 4.63. The minimum Gasteiger partial charge on any atom is -0.337 e. The van der Waals surface area contributed by atoms with Gasteiger partial charge >= 0.3 is 0 Å². The Labute approximate surface area is 204 Å². The van der Waals surface area contributed by atoms with Gasteiger partial charge in [0, 0.05) is 18.8 Å². The van der Waals surface area contributed by atoms with Gasteiger partial charge in [0.25, 0.3) is 0 Å². The lowest BCUT2D eigenvalue weighted by atomic mass is 10.00. The average Bonchev–Trinajstić information content (AvgIpc) is 3.31. The summed E-state index contributed by atoms with van der Waals surface area (Å²) >= 11 is 1.40. The minimum absolute atomic E-state index is 0.0847. The van der Waals surface area contributed by atoms with Gasteiger partial charge in [0.2, 0.25) is 5.91 Å². The predicted molar refractivity (Wildman–Crippen MR) is 131 cm³/mol. The van der Waals surface area contributed by atoms with Gasteiger partial charge in [-0.2, -0.15) is 0 Å². The van der Waals surface area contributed by atoms with Crippen LogP contribution in [-0.4, -0.2) is 55.9 Å². The lowest BCUT2D eigenvalue weighted by Crippen LogP contribution is -2.37. The van der Waals surface area contributed by atoms with Gasteiger partial charge in [-0.1, -0.05) is 42.4 Å². The summed E-state index contributed by atoms with van der Waals surface area (Å²) < 4.78 is 15.6. The number of thioether (sulfide) groups is 1. The molecule has 6 nitrogen and oxygen atoms in total. The second-order valence-corrected chi connectivity index (χ2v) is 9.99. The van der Waals surface area contributed by atoms with E-state index in [-0.39, 0.29) is 17.8 Å². The molecule has 0 bridgehead atoms. The molecule has 34 heavy (non-hydrogen) atoms. The van der Waals surface area contributed by atoms with Crippen molar-refractivity contribution in [3.05, 3.63) is 71.3 Å². The Bertz CT molecular complexity index is 1140. The average molecular weight is 480 g/mol. The number of benzene rings is 2. The van der Waals surface area contributed by atoms with Crippen molar-refractivity contribution < 1.29 is 9.18 Å². The number of hydrogen-bond acceptors (Lipinski definition) is 5. The number of halogens is 1. The highest BCUT2D eigenvalue weighted by atomic mass is 32.2. The molecular formula is C26H30FN5OS. The zero-order chi connectivity index (χ0) is 23.5. The van der Waals surface area contributed by atoms with Crippen molar-refractivity contribution >= 4 is 17.7 Å². The smallest absolute Gasteiger partial charge is 0.233 e. The Morgan fingerprint density at radius 1 is 1.00 bits per heavy atom. The number of amides is 1. The zero-order valence-corrected chi connectivity index (χ0v) is 20.3. The quantitative estimate of drug-likeness (QED) is 0.483. The van der Waals surface area contributed by atoms with Gasteiger partial charge in [-0.15, -0.1) is 10.2 Å². The van der Waals surface area contributed by atoms with Crippen LogP contribution in [0, 0.1) is 5.82 Å². The molecule has 0 saturated carbocycles. The normalized spacial score (nSPS) is 17.4. The molecule has 1 fully saturated rings. The first kappa shape index (κ1) is 23.1. The Hall–Kier alpha value is -2.71. The molecule has 0 unspecified atom stereocenters. The van der Waals surface area contributed by atoms with Crippen LogP contribution in [0.4, 0.5) is 4.39 Å². The summed E-state index contributed by atoms with van der Waals surface area (Å²) in [5.74, 6) is 0.936. The van der Waals surface area contributed by atoms with Crippen molar-refractivity contribution in [2.24, 2.45) is 0 Å². The van der Waals surface area contributed by atoms with Crippen molar-refractivity contribution in [3.63, 3.8) is 0 Å². The van der Waals surface area contributed by atoms with Gasteiger partial charge < -0.3 is 4.90 Å². The van der Waals surface area contributed by atoms with E-state index in [1.165, 1.54) is 54.3 Å². The lowest BCUT2D eigenvalue weighted by molar-refractivity contribution is -0.129. The summed E-state index contributed by atoms with van der Waals surface area (Å²) in [4.78, 5) is 17.4. The van der Waals surface area contributed by atoms with Crippen molar-refractivity contribution in [1.29, 1.82) is 0 Å². The molecule has 3 aromatic rings. The first-order chi connectivity index (χ1) is 16.6. The highest BCUT2D eigenvalue weighted by molar-refractivity contribution is 7.99. The first-order valence-electron chi connectivity index (χ1n) is 12.0. The van der Waals surface area contributed by atoms with E-state index in [2.05, 4.69) is 40.2 Å². The van der Waals surface area contributed by atoms with Gasteiger partial charge in [-0.05, 0) is 74.7 Å². The number of hydrogen-bond donors (Lipinski definition) is 0. The first-order valence-corrected chi connectivity index (χ1v) is 13.0. The molecule has 0 aliphatic carbocycles. The largest absolute Gasteiger partial charge is 0.337 e. The fraction of sp³-hybridized carbons (Fsp3) is 0.423. The molecule has 3 heterocycles. The summed E-state index contributed by atoms with van der Waals surface area (Å²) in [6.45, 7) is 5.61. The maximum absolute atomic E-state index is 13.6. The van der Waals surface area contributed by atoms with E-state index in [0.29, 0.717) is 17.5 Å². The second kappa shape index (κ2) is 10.3. The van der Waals surface area contributed by atoms with Crippen molar-refractivity contribution in [2.45, 2.75) is 50.4 Å². The van der Waals surface area contributed by atoms with Crippen LogP contribution in [0.25, 0.3) is 5.69 Å². The van der Waals surface area contributed by atoms with Crippen LogP contribution in [-0.2, 0) is 17.8 Å². The van der Waals surface area contributed by atoms with Crippen molar-refractivity contribution in [3.8, 4) is 5.69 Å². The van der Waals surface area contributed by atoms with Gasteiger partial charge in [-0.3, -0.25) is 14.3 Å². The standard InChI is InChI=1S/C26H30FN5OS/c1-19(30-14-5-2-6-15-30)25-28-29-26(32(25)23-11-9-22(27)10-12-23)34-18-24(33)31-16-13-20-7-3-4-8-21(20)17-31/h3-4,7-12,19H,2,5-6,13-18H2,1H3/t19-/m1/s1. The van der Waals surface area contributed by atoms with Crippen LogP contribution in [0.5, 0.6) is 0 Å². The Kier molecular flexibility index (Phi) is 6.97. The number of nitrogens with zero attached hydrogens (tertiary/aromatic N) is 5. The molecule has 0 radical (unpaired) electrons. The molecule has 1 atom stereocenters. The van der Waals surface area contributed by atoms with Crippen molar-refractivity contribution in [1.82, 2.24) is 24.6 Å². The number of rotatable bonds is 6. The molecule has 2 aromatic carbocycles. The lowest BCUT2D eigenvalue weighted by Gasteiger charge is -2.32. The summed E-state index contributed by atoms with van der Waals surface area (Å²) in [6, 6.07) is 14.8. The molecule has 1 amide bonds. The van der Waals surface area contributed by atoms with E-state index < -0.39 is 0 Å². The fourth-order valence-corrected chi connectivity index (χ4v) is 5.74. The van der Waals surface area contributed by atoms with Gasteiger partial charge in [-0.25, -0.2) is 4.39 Å². The third-order valence-electron chi connectivity index (χ3n) is 6.86. The zero-order valence-electron chi connectivity index (χ0n) is 19.5.